The van der Waals surface area contributed by atoms with Crippen molar-refractivity contribution in [3.8, 4) is 5.75 Å². The van der Waals surface area contributed by atoms with Crippen molar-refractivity contribution in [2.45, 2.75) is 0 Å². The number of anilines is 1. The van der Waals surface area contributed by atoms with Crippen LogP contribution in [0.4, 0.5) is 10.1 Å². The molecule has 0 bridgehead atoms. The SMILES string of the molecule is C=CCOc1ccc(C(=O)Nc2ccc(F)cc2)nc1Br. The van der Waals surface area contributed by atoms with Crippen LogP contribution >= 0.6 is 15.9 Å². The molecule has 0 aliphatic heterocycles. The van der Waals surface area contributed by atoms with Crippen LogP contribution in [0.25, 0.3) is 0 Å². The number of benzene rings is 1. The maximum absolute atomic E-state index is 12.8. The first-order valence-corrected chi connectivity index (χ1v) is 6.86. The third-order valence-corrected chi connectivity index (χ3v) is 3.07. The molecule has 0 saturated heterocycles. The van der Waals surface area contributed by atoms with Gasteiger partial charge in [-0.05, 0) is 52.3 Å². The van der Waals surface area contributed by atoms with Crippen LogP contribution in [0, 0.1) is 5.82 Å². The van der Waals surface area contributed by atoms with Crippen LogP contribution in [0.3, 0.4) is 0 Å². The van der Waals surface area contributed by atoms with E-state index in [0.29, 0.717) is 22.6 Å². The van der Waals surface area contributed by atoms with Crippen molar-refractivity contribution < 1.29 is 13.9 Å². The molecule has 21 heavy (non-hydrogen) atoms. The van der Waals surface area contributed by atoms with E-state index in [1.807, 2.05) is 0 Å². The van der Waals surface area contributed by atoms with Gasteiger partial charge in [0, 0.05) is 5.69 Å². The maximum Gasteiger partial charge on any atom is 0.274 e. The highest BCUT2D eigenvalue weighted by molar-refractivity contribution is 9.10. The lowest BCUT2D eigenvalue weighted by Crippen LogP contribution is -2.14. The van der Waals surface area contributed by atoms with Crippen LogP contribution in [0.5, 0.6) is 5.75 Å². The molecule has 0 atom stereocenters. The van der Waals surface area contributed by atoms with Gasteiger partial charge in [0.1, 0.15) is 22.7 Å². The van der Waals surface area contributed by atoms with E-state index in [1.165, 1.54) is 24.3 Å². The second-order valence-corrected chi connectivity index (χ2v) is 4.80. The summed E-state index contributed by atoms with van der Waals surface area (Å²) >= 11 is 3.24. The Bertz CT molecular complexity index is 659. The Labute approximate surface area is 129 Å². The largest absolute Gasteiger partial charge is 0.487 e. The summed E-state index contributed by atoms with van der Waals surface area (Å²) in [6.07, 6.45) is 1.61. The number of hydrogen-bond acceptors (Lipinski definition) is 3. The van der Waals surface area contributed by atoms with E-state index < -0.39 is 5.91 Å². The summed E-state index contributed by atoms with van der Waals surface area (Å²) in [5.41, 5.74) is 0.712. The zero-order valence-corrected chi connectivity index (χ0v) is 12.6. The molecule has 0 spiro atoms. The van der Waals surface area contributed by atoms with Crippen LogP contribution in [0.2, 0.25) is 0 Å². The summed E-state index contributed by atoms with van der Waals surface area (Å²) in [5.74, 6) is -0.233. The minimum absolute atomic E-state index is 0.220. The van der Waals surface area contributed by atoms with Gasteiger partial charge in [0.15, 0.2) is 5.75 Å². The highest BCUT2D eigenvalue weighted by atomic mass is 79.9. The molecule has 0 aliphatic carbocycles. The van der Waals surface area contributed by atoms with Crippen molar-refractivity contribution >= 4 is 27.5 Å². The van der Waals surface area contributed by atoms with Gasteiger partial charge in [-0.25, -0.2) is 9.37 Å². The Morgan fingerprint density at radius 1 is 1.33 bits per heavy atom. The van der Waals surface area contributed by atoms with Crippen LogP contribution in [-0.2, 0) is 0 Å². The van der Waals surface area contributed by atoms with Gasteiger partial charge in [-0.1, -0.05) is 12.7 Å². The average molecular weight is 351 g/mol. The molecule has 1 aromatic heterocycles. The van der Waals surface area contributed by atoms with Gasteiger partial charge >= 0.3 is 0 Å². The van der Waals surface area contributed by atoms with E-state index in [1.54, 1.807) is 18.2 Å². The molecular weight excluding hydrogens is 339 g/mol. The lowest BCUT2D eigenvalue weighted by atomic mass is 10.3. The predicted molar refractivity (Wildman–Crippen MR) is 82.0 cm³/mol. The topological polar surface area (TPSA) is 51.2 Å². The van der Waals surface area contributed by atoms with Gasteiger partial charge in [0.2, 0.25) is 0 Å². The molecule has 1 N–H and O–H groups in total. The second kappa shape index (κ2) is 6.99. The first kappa shape index (κ1) is 15.2. The number of aromatic nitrogens is 1. The second-order valence-electron chi connectivity index (χ2n) is 4.05. The highest BCUT2D eigenvalue weighted by Crippen LogP contribution is 2.23. The first-order chi connectivity index (χ1) is 10.1. The van der Waals surface area contributed by atoms with Crippen LogP contribution in [0.15, 0.2) is 53.7 Å². The fourth-order valence-electron chi connectivity index (χ4n) is 1.53. The maximum atomic E-state index is 12.8. The van der Waals surface area contributed by atoms with E-state index >= 15 is 0 Å². The Hall–Kier alpha value is -2.21. The average Bonchev–Trinajstić information content (AvgIpc) is 2.48. The molecule has 2 aromatic rings. The lowest BCUT2D eigenvalue weighted by molar-refractivity contribution is 0.102. The van der Waals surface area contributed by atoms with Gasteiger partial charge in [-0.2, -0.15) is 0 Å². The molecule has 1 heterocycles. The molecule has 0 unspecified atom stereocenters. The predicted octanol–water partition coefficient (Wildman–Crippen LogP) is 3.80. The summed E-state index contributed by atoms with van der Waals surface area (Å²) < 4.78 is 18.6. The zero-order chi connectivity index (χ0) is 15.2. The van der Waals surface area contributed by atoms with Gasteiger partial charge in [0.25, 0.3) is 5.91 Å². The summed E-state index contributed by atoms with van der Waals surface area (Å²) in [6.45, 7) is 3.90. The fourth-order valence-corrected chi connectivity index (χ4v) is 1.97. The normalized spacial score (nSPS) is 10.0. The number of hydrogen-bond donors (Lipinski definition) is 1. The number of carbonyl (C=O) groups is 1. The third-order valence-electron chi connectivity index (χ3n) is 2.51. The summed E-state index contributed by atoms with van der Waals surface area (Å²) in [7, 11) is 0. The Kier molecular flexibility index (Phi) is 5.05. The van der Waals surface area contributed by atoms with Crippen LogP contribution in [0.1, 0.15) is 10.5 Å². The Balaban J connectivity index is 2.10. The number of rotatable bonds is 5. The number of nitrogens with one attached hydrogen (secondary N) is 1. The number of halogens is 2. The standard InChI is InChI=1S/C15H12BrFN2O2/c1-2-9-21-13-8-7-12(19-14(13)16)15(20)18-11-5-3-10(17)4-6-11/h2-8H,1,9H2,(H,18,20). The number of ether oxygens (including phenoxy) is 1. The number of carbonyl (C=O) groups excluding carboxylic acids is 1. The van der Waals surface area contributed by atoms with Gasteiger partial charge in [-0.3, -0.25) is 4.79 Å². The van der Waals surface area contributed by atoms with Crippen molar-refractivity contribution in [3.63, 3.8) is 0 Å². The van der Waals surface area contributed by atoms with Crippen molar-refractivity contribution in [1.29, 1.82) is 0 Å². The quantitative estimate of drug-likeness (QED) is 0.659. The molecule has 2 rings (SSSR count). The van der Waals surface area contributed by atoms with E-state index in [2.05, 4.69) is 32.8 Å². The Morgan fingerprint density at radius 2 is 2.05 bits per heavy atom. The molecule has 108 valence electrons. The molecule has 1 amide bonds. The molecule has 0 saturated carbocycles. The fraction of sp³-hybridized carbons (Fsp3) is 0.0667. The molecule has 1 aromatic carbocycles. The van der Waals surface area contributed by atoms with Crippen molar-refractivity contribution in [2.75, 3.05) is 11.9 Å². The molecule has 0 radical (unpaired) electrons. The molecular formula is C15H12BrFN2O2. The summed E-state index contributed by atoms with van der Waals surface area (Å²) in [4.78, 5) is 16.1. The third kappa shape index (κ3) is 4.13. The van der Waals surface area contributed by atoms with E-state index in [4.69, 9.17) is 4.74 Å². The van der Waals surface area contributed by atoms with Crippen molar-refractivity contribution in [3.05, 3.63) is 65.2 Å². The zero-order valence-electron chi connectivity index (χ0n) is 11.0. The number of nitrogens with zero attached hydrogens (tertiary/aromatic N) is 1. The van der Waals surface area contributed by atoms with Crippen molar-refractivity contribution in [1.82, 2.24) is 4.98 Å². The van der Waals surface area contributed by atoms with E-state index in [0.717, 1.165) is 0 Å². The van der Waals surface area contributed by atoms with Crippen LogP contribution in [-0.4, -0.2) is 17.5 Å². The molecule has 6 heteroatoms. The summed E-state index contributed by atoms with van der Waals surface area (Å²) in [5, 5.41) is 2.63. The molecule has 4 nitrogen and oxygen atoms in total. The van der Waals surface area contributed by atoms with Gasteiger partial charge in [0.05, 0.1) is 0 Å². The van der Waals surface area contributed by atoms with E-state index in [-0.39, 0.29) is 11.5 Å². The Morgan fingerprint density at radius 3 is 2.67 bits per heavy atom. The summed E-state index contributed by atoms with van der Waals surface area (Å²) in [6, 6.07) is 8.67. The first-order valence-electron chi connectivity index (χ1n) is 6.07. The molecule has 0 fully saturated rings. The highest BCUT2D eigenvalue weighted by Gasteiger charge is 2.11. The minimum atomic E-state index is -0.391. The van der Waals surface area contributed by atoms with E-state index in [9.17, 15) is 9.18 Å². The van der Waals surface area contributed by atoms with Gasteiger partial charge in [-0.15, -0.1) is 0 Å². The lowest BCUT2D eigenvalue weighted by Gasteiger charge is -2.08. The van der Waals surface area contributed by atoms with Crippen LogP contribution < -0.4 is 10.1 Å². The smallest absolute Gasteiger partial charge is 0.274 e. The van der Waals surface area contributed by atoms with Crippen molar-refractivity contribution in [2.24, 2.45) is 0 Å². The van der Waals surface area contributed by atoms with Gasteiger partial charge < -0.3 is 10.1 Å². The monoisotopic (exact) mass is 350 g/mol. The molecule has 0 aliphatic rings. The minimum Gasteiger partial charge on any atom is -0.487 e. The number of pyridine rings is 1. The number of amides is 1.